The van der Waals surface area contributed by atoms with E-state index in [0.29, 0.717) is 11.7 Å². The van der Waals surface area contributed by atoms with E-state index in [2.05, 4.69) is 20.6 Å². The molecule has 0 radical (unpaired) electrons. The van der Waals surface area contributed by atoms with Crippen LogP contribution in [0.15, 0.2) is 29.2 Å². The van der Waals surface area contributed by atoms with Gasteiger partial charge in [0, 0.05) is 18.1 Å². The fourth-order valence-corrected chi connectivity index (χ4v) is 1.83. The van der Waals surface area contributed by atoms with Gasteiger partial charge in [-0.25, -0.2) is 4.68 Å². The number of anilines is 1. The van der Waals surface area contributed by atoms with Crippen LogP contribution in [0.25, 0.3) is 0 Å². The molecule has 0 aliphatic heterocycles. The number of hydrogen-bond donors (Lipinski definition) is 2. The summed E-state index contributed by atoms with van der Waals surface area (Å²) in [4.78, 5) is 23.4. The van der Waals surface area contributed by atoms with Crippen LogP contribution in [0, 0.1) is 0 Å². The minimum absolute atomic E-state index is 0.0988. The Bertz CT molecular complexity index is 642. The van der Waals surface area contributed by atoms with E-state index in [1.54, 1.807) is 12.1 Å². The van der Waals surface area contributed by atoms with Crippen LogP contribution in [0.3, 0.4) is 0 Å². The van der Waals surface area contributed by atoms with Crippen molar-refractivity contribution in [1.29, 1.82) is 0 Å². The summed E-state index contributed by atoms with van der Waals surface area (Å²) in [5.41, 5.74) is 0.609. The predicted octanol–water partition coefficient (Wildman–Crippen LogP) is 0.482. The van der Waals surface area contributed by atoms with E-state index in [0.717, 1.165) is 18.5 Å². The van der Waals surface area contributed by atoms with Crippen LogP contribution in [0.2, 0.25) is 0 Å². The maximum absolute atomic E-state index is 11.8. The summed E-state index contributed by atoms with van der Waals surface area (Å²) >= 11 is 0. The van der Waals surface area contributed by atoms with Crippen molar-refractivity contribution in [2.24, 2.45) is 0 Å². The molecule has 7 nitrogen and oxygen atoms in total. The molecule has 1 saturated carbocycles. The summed E-state index contributed by atoms with van der Waals surface area (Å²) < 4.78 is 1.19. The van der Waals surface area contributed by atoms with E-state index in [-0.39, 0.29) is 18.0 Å². The highest BCUT2D eigenvalue weighted by atomic mass is 16.2. The Kier molecular flexibility index (Phi) is 2.86. The lowest BCUT2D eigenvalue weighted by Crippen LogP contribution is -2.29. The third-order valence-corrected chi connectivity index (χ3v) is 2.95. The molecule has 2 N–H and O–H groups in total. The summed E-state index contributed by atoms with van der Waals surface area (Å²) in [6.07, 6.45) is 3.74. The van der Waals surface area contributed by atoms with Gasteiger partial charge in [0.05, 0.1) is 11.9 Å². The van der Waals surface area contributed by atoms with Crippen molar-refractivity contribution < 1.29 is 4.79 Å². The Balaban J connectivity index is 1.73. The Labute approximate surface area is 108 Å². The molecule has 2 aromatic rings. The number of aromatic nitrogens is 4. The largest absolute Gasteiger partial charge is 0.309 e. The Morgan fingerprint density at radius 2 is 2.26 bits per heavy atom. The molecule has 0 bridgehead atoms. The topological polar surface area (TPSA) is 92.7 Å². The van der Waals surface area contributed by atoms with Crippen LogP contribution >= 0.6 is 0 Å². The Hall–Kier alpha value is -2.44. The molecule has 1 amide bonds. The third-order valence-electron chi connectivity index (χ3n) is 2.95. The summed E-state index contributed by atoms with van der Waals surface area (Å²) in [6.45, 7) is -0.0988. The van der Waals surface area contributed by atoms with E-state index >= 15 is 0 Å². The van der Waals surface area contributed by atoms with E-state index < -0.39 is 0 Å². The van der Waals surface area contributed by atoms with Gasteiger partial charge in [-0.15, -0.1) is 0 Å². The summed E-state index contributed by atoms with van der Waals surface area (Å²) in [7, 11) is 0. The SMILES string of the molecule is O=C(Cn1nc(C2CC2)ccc1=O)Nc1ccn[nH]1. The highest BCUT2D eigenvalue weighted by Crippen LogP contribution is 2.38. The molecule has 0 spiro atoms. The average molecular weight is 259 g/mol. The smallest absolute Gasteiger partial charge is 0.267 e. The van der Waals surface area contributed by atoms with E-state index in [9.17, 15) is 9.59 Å². The number of carbonyl (C=O) groups excluding carboxylic acids is 1. The van der Waals surface area contributed by atoms with Crippen LogP contribution in [0.1, 0.15) is 24.5 Å². The van der Waals surface area contributed by atoms with Crippen LogP contribution in [0.5, 0.6) is 0 Å². The molecule has 1 aliphatic rings. The number of nitrogens with zero attached hydrogens (tertiary/aromatic N) is 3. The zero-order chi connectivity index (χ0) is 13.2. The summed E-state index contributed by atoms with van der Waals surface area (Å²) in [6, 6.07) is 4.84. The zero-order valence-corrected chi connectivity index (χ0v) is 10.2. The predicted molar refractivity (Wildman–Crippen MR) is 67.7 cm³/mol. The Morgan fingerprint density at radius 1 is 1.42 bits per heavy atom. The first-order valence-electron chi connectivity index (χ1n) is 6.09. The van der Waals surface area contributed by atoms with Crippen molar-refractivity contribution in [3.63, 3.8) is 0 Å². The zero-order valence-electron chi connectivity index (χ0n) is 10.2. The molecule has 2 aromatic heterocycles. The van der Waals surface area contributed by atoms with Gasteiger partial charge in [-0.3, -0.25) is 14.7 Å². The number of nitrogens with one attached hydrogen (secondary N) is 2. The third kappa shape index (κ3) is 2.70. The molecule has 2 heterocycles. The van der Waals surface area contributed by atoms with Crippen molar-refractivity contribution >= 4 is 11.7 Å². The molecule has 0 atom stereocenters. The molecule has 7 heteroatoms. The Morgan fingerprint density at radius 3 is 2.95 bits per heavy atom. The van der Waals surface area contributed by atoms with Gasteiger partial charge in [-0.2, -0.15) is 10.2 Å². The lowest BCUT2D eigenvalue weighted by atomic mass is 10.3. The number of amides is 1. The average Bonchev–Trinajstić information content (AvgIpc) is 3.11. The normalized spacial score (nSPS) is 14.3. The maximum atomic E-state index is 11.8. The lowest BCUT2D eigenvalue weighted by Gasteiger charge is -2.06. The van der Waals surface area contributed by atoms with Crippen molar-refractivity contribution in [3.8, 4) is 0 Å². The van der Waals surface area contributed by atoms with E-state index in [1.165, 1.54) is 16.9 Å². The second kappa shape index (κ2) is 4.68. The minimum Gasteiger partial charge on any atom is -0.309 e. The van der Waals surface area contributed by atoms with Gasteiger partial charge in [0.15, 0.2) is 0 Å². The molecule has 0 aromatic carbocycles. The molecular weight excluding hydrogens is 246 g/mol. The number of H-pyrrole nitrogens is 1. The highest BCUT2D eigenvalue weighted by molar-refractivity contribution is 5.89. The van der Waals surface area contributed by atoms with Crippen molar-refractivity contribution in [1.82, 2.24) is 20.0 Å². The maximum Gasteiger partial charge on any atom is 0.267 e. The van der Waals surface area contributed by atoms with Gasteiger partial charge in [0.1, 0.15) is 12.4 Å². The molecule has 98 valence electrons. The molecule has 1 fully saturated rings. The van der Waals surface area contributed by atoms with Crippen LogP contribution in [-0.2, 0) is 11.3 Å². The van der Waals surface area contributed by atoms with Gasteiger partial charge < -0.3 is 5.32 Å². The number of rotatable bonds is 4. The van der Waals surface area contributed by atoms with Gasteiger partial charge in [-0.05, 0) is 18.9 Å². The molecule has 1 aliphatic carbocycles. The summed E-state index contributed by atoms with van der Waals surface area (Å²) in [5, 5.41) is 13.2. The number of carbonyl (C=O) groups is 1. The first kappa shape index (κ1) is 11.6. The molecule has 3 rings (SSSR count). The first-order chi connectivity index (χ1) is 9.22. The van der Waals surface area contributed by atoms with Crippen molar-refractivity contribution in [3.05, 3.63) is 40.4 Å². The fraction of sp³-hybridized carbons (Fsp3) is 0.333. The number of aromatic amines is 1. The molecule has 0 saturated heterocycles. The summed E-state index contributed by atoms with van der Waals surface area (Å²) in [5.74, 6) is 0.630. The minimum atomic E-state index is -0.313. The van der Waals surface area contributed by atoms with Gasteiger partial charge in [0.2, 0.25) is 5.91 Å². The van der Waals surface area contributed by atoms with Crippen LogP contribution in [-0.4, -0.2) is 25.9 Å². The van der Waals surface area contributed by atoms with Crippen molar-refractivity contribution in [2.75, 3.05) is 5.32 Å². The lowest BCUT2D eigenvalue weighted by molar-refractivity contribution is -0.117. The van der Waals surface area contributed by atoms with Crippen molar-refractivity contribution in [2.45, 2.75) is 25.3 Å². The first-order valence-corrected chi connectivity index (χ1v) is 6.09. The van der Waals surface area contributed by atoms with Gasteiger partial charge in [0.25, 0.3) is 5.56 Å². The standard InChI is InChI=1S/C12H13N5O2/c18-11(14-10-5-6-13-15-10)7-17-12(19)4-3-9(16-17)8-1-2-8/h3-6,8H,1-2,7H2,(H2,13,14,15,18). The van der Waals surface area contributed by atoms with E-state index in [1.807, 2.05) is 0 Å². The molecule has 0 unspecified atom stereocenters. The highest BCUT2D eigenvalue weighted by Gasteiger charge is 2.25. The molecule has 19 heavy (non-hydrogen) atoms. The molecular formula is C12H13N5O2. The monoisotopic (exact) mass is 259 g/mol. The van der Waals surface area contributed by atoms with Gasteiger partial charge >= 0.3 is 0 Å². The van der Waals surface area contributed by atoms with E-state index in [4.69, 9.17) is 0 Å². The second-order valence-electron chi connectivity index (χ2n) is 4.55. The second-order valence-corrected chi connectivity index (χ2v) is 4.55. The van der Waals surface area contributed by atoms with Crippen LogP contribution < -0.4 is 10.9 Å². The fourth-order valence-electron chi connectivity index (χ4n) is 1.83. The van der Waals surface area contributed by atoms with Crippen LogP contribution in [0.4, 0.5) is 5.82 Å². The quantitative estimate of drug-likeness (QED) is 0.835. The van der Waals surface area contributed by atoms with Gasteiger partial charge in [-0.1, -0.05) is 0 Å². The number of hydrogen-bond acceptors (Lipinski definition) is 4.